The maximum absolute atomic E-state index is 13.0. The molecule has 1 aromatic heterocycles. The maximum Gasteiger partial charge on any atom is 0.254 e. The summed E-state index contributed by atoms with van der Waals surface area (Å²) in [5.41, 5.74) is 2.79. The highest BCUT2D eigenvalue weighted by Crippen LogP contribution is 2.27. The van der Waals surface area contributed by atoms with Gasteiger partial charge >= 0.3 is 0 Å². The van der Waals surface area contributed by atoms with Crippen LogP contribution in [0.2, 0.25) is 0 Å². The molecule has 0 radical (unpaired) electrons. The topological polar surface area (TPSA) is 77.1 Å². The largest absolute Gasteiger partial charge is 0.493 e. The van der Waals surface area contributed by atoms with Gasteiger partial charge in [0.05, 0.1) is 32.3 Å². The number of ether oxygens (including phenoxy) is 3. The van der Waals surface area contributed by atoms with Crippen LogP contribution in [0.25, 0.3) is 0 Å². The molecule has 2 atom stereocenters. The summed E-state index contributed by atoms with van der Waals surface area (Å²) in [6, 6.07) is 7.46. The SMILES string of the molecule is O=C(Cc1ccsc1)NC1CO[C@H]2CN(C(=O)c3ccc4c(c3)CCCO4)C[C@@H]2OC1. The molecule has 4 heterocycles. The Labute approximate surface area is 185 Å². The molecule has 1 N–H and O–H groups in total. The molecule has 0 spiro atoms. The van der Waals surface area contributed by atoms with Crippen molar-refractivity contribution in [2.75, 3.05) is 32.9 Å². The van der Waals surface area contributed by atoms with Gasteiger partial charge in [-0.05, 0) is 59.0 Å². The molecule has 5 rings (SSSR count). The van der Waals surface area contributed by atoms with Crippen LogP contribution in [0, 0.1) is 0 Å². The monoisotopic (exact) mass is 442 g/mol. The van der Waals surface area contributed by atoms with Crippen LogP contribution in [0.15, 0.2) is 35.0 Å². The third-order valence-electron chi connectivity index (χ3n) is 5.99. The molecule has 0 unspecified atom stereocenters. The van der Waals surface area contributed by atoms with E-state index in [1.165, 1.54) is 0 Å². The van der Waals surface area contributed by atoms with Gasteiger partial charge in [-0.2, -0.15) is 11.3 Å². The minimum Gasteiger partial charge on any atom is -0.493 e. The minimum absolute atomic E-state index is 0.00531. The average Bonchev–Trinajstić information content (AvgIpc) is 3.41. The molecule has 3 aliphatic rings. The standard InChI is InChI=1S/C23H26N2O5S/c26-22(8-15-5-7-31-14-15)24-18-12-29-20-10-25(11-21(20)30-13-18)23(27)17-3-4-19-16(9-17)2-1-6-28-19/h3-5,7,9,14,18,20-21H,1-2,6,8,10-13H2,(H,24,26)/t20-,21-/m0/s1. The summed E-state index contributed by atoms with van der Waals surface area (Å²) in [5.74, 6) is 0.846. The third kappa shape index (κ3) is 4.61. The van der Waals surface area contributed by atoms with Gasteiger partial charge in [-0.1, -0.05) is 0 Å². The van der Waals surface area contributed by atoms with Crippen LogP contribution >= 0.6 is 11.3 Å². The van der Waals surface area contributed by atoms with E-state index in [4.69, 9.17) is 14.2 Å². The number of hydrogen-bond donors (Lipinski definition) is 1. The van der Waals surface area contributed by atoms with E-state index in [9.17, 15) is 9.59 Å². The van der Waals surface area contributed by atoms with Gasteiger partial charge in [0.15, 0.2) is 0 Å². The Bertz CT molecular complexity index is 931. The predicted octanol–water partition coefficient (Wildman–Crippen LogP) is 2.04. The number of hydrogen-bond acceptors (Lipinski definition) is 6. The molecule has 2 saturated heterocycles. The van der Waals surface area contributed by atoms with Crippen LogP contribution in [0.1, 0.15) is 27.9 Å². The number of aryl methyl sites for hydroxylation is 1. The van der Waals surface area contributed by atoms with Crippen molar-refractivity contribution >= 4 is 23.2 Å². The highest BCUT2D eigenvalue weighted by Gasteiger charge is 2.39. The van der Waals surface area contributed by atoms with Crippen molar-refractivity contribution in [3.63, 3.8) is 0 Å². The second-order valence-corrected chi connectivity index (χ2v) is 9.08. The normalized spacial score (nSPS) is 23.4. The summed E-state index contributed by atoms with van der Waals surface area (Å²) in [7, 11) is 0. The van der Waals surface area contributed by atoms with Gasteiger partial charge in [0, 0.05) is 18.7 Å². The first-order valence-corrected chi connectivity index (χ1v) is 11.7. The maximum atomic E-state index is 13.0. The summed E-state index contributed by atoms with van der Waals surface area (Å²) < 4.78 is 17.7. The van der Waals surface area contributed by atoms with Crippen LogP contribution in [0.4, 0.5) is 0 Å². The molecule has 164 valence electrons. The second kappa shape index (κ2) is 8.98. The van der Waals surface area contributed by atoms with E-state index in [0.29, 0.717) is 38.3 Å². The van der Waals surface area contributed by atoms with Crippen LogP contribution in [-0.4, -0.2) is 67.9 Å². The first-order valence-electron chi connectivity index (χ1n) is 10.7. The lowest BCUT2D eigenvalue weighted by Crippen LogP contribution is -2.42. The number of benzene rings is 1. The van der Waals surface area contributed by atoms with Gasteiger partial charge in [0.1, 0.15) is 18.0 Å². The molecular formula is C23H26N2O5S. The van der Waals surface area contributed by atoms with E-state index in [1.807, 2.05) is 35.0 Å². The lowest BCUT2D eigenvalue weighted by Gasteiger charge is -2.21. The van der Waals surface area contributed by atoms with E-state index < -0.39 is 0 Å². The van der Waals surface area contributed by atoms with E-state index in [-0.39, 0.29) is 30.1 Å². The van der Waals surface area contributed by atoms with Crippen molar-refractivity contribution < 1.29 is 23.8 Å². The number of nitrogens with one attached hydrogen (secondary N) is 1. The second-order valence-electron chi connectivity index (χ2n) is 8.30. The van der Waals surface area contributed by atoms with Crippen molar-refractivity contribution in [2.24, 2.45) is 0 Å². The predicted molar refractivity (Wildman–Crippen MR) is 116 cm³/mol. The van der Waals surface area contributed by atoms with Crippen molar-refractivity contribution in [3.8, 4) is 5.75 Å². The summed E-state index contributed by atoms with van der Waals surface area (Å²) in [6.45, 7) is 2.49. The van der Waals surface area contributed by atoms with Crippen LogP contribution in [0.5, 0.6) is 5.75 Å². The van der Waals surface area contributed by atoms with Gasteiger partial charge in [-0.25, -0.2) is 0 Å². The van der Waals surface area contributed by atoms with E-state index >= 15 is 0 Å². The number of carbonyl (C=O) groups excluding carboxylic acids is 2. The quantitative estimate of drug-likeness (QED) is 0.784. The lowest BCUT2D eigenvalue weighted by molar-refractivity contribution is -0.121. The van der Waals surface area contributed by atoms with Gasteiger partial charge in [0.25, 0.3) is 5.91 Å². The summed E-state index contributed by atoms with van der Waals surface area (Å²) in [6.07, 6.45) is 1.92. The van der Waals surface area contributed by atoms with Crippen molar-refractivity contribution in [1.29, 1.82) is 0 Å². The molecule has 0 saturated carbocycles. The molecule has 3 aliphatic heterocycles. The minimum atomic E-state index is -0.179. The molecule has 7 nitrogen and oxygen atoms in total. The summed E-state index contributed by atoms with van der Waals surface area (Å²) in [5, 5.41) is 6.94. The van der Waals surface area contributed by atoms with Gasteiger partial charge in [-0.3, -0.25) is 9.59 Å². The molecule has 2 amide bonds. The average molecular weight is 443 g/mol. The Hall–Kier alpha value is -2.42. The fourth-order valence-corrected chi connectivity index (χ4v) is 5.04. The van der Waals surface area contributed by atoms with Gasteiger partial charge < -0.3 is 24.4 Å². The molecule has 0 bridgehead atoms. The van der Waals surface area contributed by atoms with Crippen LogP contribution < -0.4 is 10.1 Å². The fraction of sp³-hybridized carbons (Fsp3) is 0.478. The molecule has 1 aromatic carbocycles. The van der Waals surface area contributed by atoms with E-state index in [2.05, 4.69) is 5.32 Å². The molecule has 2 aromatic rings. The Kier molecular flexibility index (Phi) is 5.93. The summed E-state index contributed by atoms with van der Waals surface area (Å²) in [4.78, 5) is 27.1. The van der Waals surface area contributed by atoms with E-state index in [1.54, 1.807) is 16.2 Å². The number of nitrogens with zero attached hydrogens (tertiary/aromatic N) is 1. The Balaban J connectivity index is 1.15. The number of amides is 2. The Morgan fingerprint density at radius 1 is 1.13 bits per heavy atom. The smallest absolute Gasteiger partial charge is 0.254 e. The van der Waals surface area contributed by atoms with Gasteiger partial charge in [0.2, 0.25) is 5.91 Å². The number of fused-ring (bicyclic) bond motifs is 2. The van der Waals surface area contributed by atoms with Crippen molar-refractivity contribution in [2.45, 2.75) is 37.5 Å². The van der Waals surface area contributed by atoms with Crippen LogP contribution in [-0.2, 0) is 27.1 Å². The molecular weight excluding hydrogens is 416 g/mol. The zero-order valence-electron chi connectivity index (χ0n) is 17.2. The first kappa shape index (κ1) is 20.5. The summed E-state index contributed by atoms with van der Waals surface area (Å²) >= 11 is 1.58. The molecule has 8 heteroatoms. The number of thiophene rings is 1. The number of carbonyl (C=O) groups is 2. The highest BCUT2D eigenvalue weighted by atomic mass is 32.1. The van der Waals surface area contributed by atoms with Crippen molar-refractivity contribution in [3.05, 3.63) is 51.7 Å². The zero-order chi connectivity index (χ0) is 21.2. The lowest BCUT2D eigenvalue weighted by atomic mass is 10.0. The zero-order valence-corrected chi connectivity index (χ0v) is 18.1. The Morgan fingerprint density at radius 3 is 2.68 bits per heavy atom. The molecule has 0 aliphatic carbocycles. The number of rotatable bonds is 4. The van der Waals surface area contributed by atoms with E-state index in [0.717, 1.165) is 36.3 Å². The molecule has 2 fully saturated rings. The third-order valence-corrected chi connectivity index (χ3v) is 6.72. The van der Waals surface area contributed by atoms with Gasteiger partial charge in [-0.15, -0.1) is 0 Å². The van der Waals surface area contributed by atoms with Crippen molar-refractivity contribution in [1.82, 2.24) is 10.2 Å². The highest BCUT2D eigenvalue weighted by molar-refractivity contribution is 7.08. The van der Waals surface area contributed by atoms with Crippen LogP contribution in [0.3, 0.4) is 0 Å². The molecule has 31 heavy (non-hydrogen) atoms. The fourth-order valence-electron chi connectivity index (χ4n) is 4.37. The Morgan fingerprint density at radius 2 is 1.94 bits per heavy atom. The number of likely N-dealkylation sites (tertiary alicyclic amines) is 1. The first-order chi connectivity index (χ1) is 15.2.